The van der Waals surface area contributed by atoms with E-state index in [0.29, 0.717) is 60.0 Å². The van der Waals surface area contributed by atoms with Gasteiger partial charge in [0.15, 0.2) is 11.3 Å². The molecule has 49 heavy (non-hydrogen) atoms. The molecule has 3 aromatic heterocycles. The summed E-state index contributed by atoms with van der Waals surface area (Å²) < 4.78 is 20.3. The maximum Gasteiger partial charge on any atom is 0.309 e. The number of aromatic nitrogens is 4. The van der Waals surface area contributed by atoms with Crippen molar-refractivity contribution in [2.24, 2.45) is 0 Å². The average Bonchev–Trinajstić information content (AvgIpc) is 3.13. The molecule has 0 unspecified atom stereocenters. The Balaban J connectivity index is 1.13. The fourth-order valence-electron chi connectivity index (χ4n) is 6.14. The lowest BCUT2D eigenvalue weighted by molar-refractivity contribution is -0.885. The van der Waals surface area contributed by atoms with Crippen molar-refractivity contribution in [3.8, 4) is 17.1 Å². The van der Waals surface area contributed by atoms with E-state index in [9.17, 15) is 14.4 Å². The van der Waals surface area contributed by atoms with Crippen LogP contribution in [0, 0.1) is 5.82 Å². The van der Waals surface area contributed by atoms with Gasteiger partial charge >= 0.3 is 5.82 Å². The molecule has 10 nitrogen and oxygen atoms in total. The molecule has 0 bridgehead atoms. The third-order valence-electron chi connectivity index (χ3n) is 8.85. The van der Waals surface area contributed by atoms with E-state index in [1.807, 2.05) is 30.3 Å². The van der Waals surface area contributed by atoms with Crippen LogP contribution in [0.25, 0.3) is 22.3 Å². The number of fused-ring (bicyclic) bond motifs is 2. The third-order valence-corrected chi connectivity index (χ3v) is 8.85. The number of benzene rings is 2. The highest BCUT2D eigenvalue weighted by Crippen LogP contribution is 2.24. The molecule has 6 rings (SSSR count). The van der Waals surface area contributed by atoms with Gasteiger partial charge in [0.2, 0.25) is 0 Å². The van der Waals surface area contributed by atoms with Gasteiger partial charge in [-0.1, -0.05) is 27.9 Å². The van der Waals surface area contributed by atoms with Gasteiger partial charge in [0.25, 0.3) is 5.82 Å². The third kappa shape index (κ3) is 8.85. The highest BCUT2D eigenvalue weighted by Gasteiger charge is 2.27. The Labute approximate surface area is 286 Å². The maximum absolute atomic E-state index is 13.4. The molecule has 0 radical (unpaired) electrons. The summed E-state index contributed by atoms with van der Waals surface area (Å²) in [6.45, 7) is 5.01. The monoisotopic (exact) mass is 664 g/mol. The molecule has 0 saturated heterocycles. The van der Waals surface area contributed by atoms with Crippen LogP contribution in [0.1, 0.15) is 43.9 Å². The Morgan fingerprint density at radius 1 is 1.04 bits per heavy atom. The average molecular weight is 665 g/mol. The molecule has 0 saturated carbocycles. The van der Waals surface area contributed by atoms with Gasteiger partial charge in [0, 0.05) is 44.1 Å². The number of hydrogen-bond donors (Lipinski definition) is 3. The normalized spacial score (nSPS) is 13.1. The predicted octanol–water partition coefficient (Wildman–Crippen LogP) is 5.88. The number of carbonyl (C=O) groups excluding carboxylic acids is 1. The number of unbranched alkanes of at least 4 members (excludes halogenated alkanes) is 1. The summed E-state index contributed by atoms with van der Waals surface area (Å²) in [6, 6.07) is 20.9. The molecule has 4 heterocycles. The largest absolute Gasteiger partial charge is 0.492 e. The summed E-state index contributed by atoms with van der Waals surface area (Å²) in [6.07, 6.45) is 8.82. The van der Waals surface area contributed by atoms with Crippen molar-refractivity contribution in [1.82, 2.24) is 19.9 Å². The van der Waals surface area contributed by atoms with Crippen LogP contribution >= 0.6 is 0 Å². The number of pyridine rings is 2. The van der Waals surface area contributed by atoms with Crippen LogP contribution in [-0.4, -0.2) is 69.7 Å². The molecule has 1 atom stereocenters. The van der Waals surface area contributed by atoms with E-state index >= 15 is 0 Å². The van der Waals surface area contributed by atoms with Gasteiger partial charge in [-0.05, 0) is 106 Å². The van der Waals surface area contributed by atoms with Crippen molar-refractivity contribution in [2.75, 3.05) is 43.4 Å². The number of anilines is 2. The van der Waals surface area contributed by atoms with E-state index in [0.717, 1.165) is 61.4 Å². The van der Waals surface area contributed by atoms with Crippen LogP contribution in [0.15, 0.2) is 85.2 Å². The van der Waals surface area contributed by atoms with Crippen molar-refractivity contribution in [3.05, 3.63) is 102 Å². The minimum absolute atomic E-state index is 0.0431. The van der Waals surface area contributed by atoms with Crippen LogP contribution in [0.2, 0.25) is 0 Å². The van der Waals surface area contributed by atoms with Gasteiger partial charge in [-0.25, -0.2) is 9.37 Å². The number of aryl methyl sites for hydroxylation is 2. The molecule has 2 aromatic carbocycles. The van der Waals surface area contributed by atoms with Gasteiger partial charge in [-0.15, -0.1) is 0 Å². The number of nitrogens with one attached hydrogen (secondary N) is 2. The van der Waals surface area contributed by atoms with E-state index in [1.54, 1.807) is 37.5 Å². The van der Waals surface area contributed by atoms with Crippen molar-refractivity contribution >= 4 is 28.3 Å². The number of ketones is 1. The summed E-state index contributed by atoms with van der Waals surface area (Å²) in [4.78, 5) is 29.0. The van der Waals surface area contributed by atoms with Gasteiger partial charge < -0.3 is 15.3 Å². The lowest BCUT2D eigenvalue weighted by Crippen LogP contribution is -2.43. The van der Waals surface area contributed by atoms with E-state index in [2.05, 4.69) is 37.6 Å². The number of para-hydroxylation sites is 1. The van der Waals surface area contributed by atoms with Crippen LogP contribution in [0.4, 0.5) is 16.0 Å². The second-order valence-corrected chi connectivity index (χ2v) is 12.4. The molecule has 1 aliphatic rings. The molecule has 3 N–H and O–H groups in total. The van der Waals surface area contributed by atoms with Crippen molar-refractivity contribution in [2.45, 2.75) is 51.5 Å². The number of ether oxygens (including phenoxy) is 1. The predicted molar refractivity (Wildman–Crippen MR) is 187 cm³/mol. The fraction of sp³-hybridized carbons (Fsp3) is 0.342. The summed E-state index contributed by atoms with van der Waals surface area (Å²) in [5.41, 5.74) is 3.70. The first kappa shape index (κ1) is 33.7. The summed E-state index contributed by atoms with van der Waals surface area (Å²) in [5, 5.41) is 18.8. The van der Waals surface area contributed by atoms with Crippen molar-refractivity contribution < 1.29 is 23.9 Å². The minimum atomic E-state index is -0.571. The highest BCUT2D eigenvalue weighted by atomic mass is 19.1. The van der Waals surface area contributed by atoms with Gasteiger partial charge in [0.1, 0.15) is 30.0 Å². The van der Waals surface area contributed by atoms with Gasteiger partial charge in [0.05, 0.1) is 10.9 Å². The maximum atomic E-state index is 13.4. The second-order valence-electron chi connectivity index (χ2n) is 12.4. The molecule has 11 heteroatoms. The zero-order valence-corrected chi connectivity index (χ0v) is 27.8. The number of halogens is 1. The lowest BCUT2D eigenvalue weighted by Gasteiger charge is -2.24. The molecule has 5 aromatic rings. The fourth-order valence-corrected chi connectivity index (χ4v) is 6.14. The number of carbonyl (C=O) groups is 1. The number of rotatable bonds is 16. The van der Waals surface area contributed by atoms with Crippen LogP contribution in [0.5, 0.6) is 5.75 Å². The molecule has 1 aliphatic heterocycles. The zero-order valence-electron chi connectivity index (χ0n) is 27.8. The number of Topliss-reactive ketones (excluding diaryl/α,β-unsaturated/α-hetero) is 1. The Morgan fingerprint density at radius 3 is 2.71 bits per heavy atom. The Hall–Kier alpha value is -5.16. The van der Waals surface area contributed by atoms with Crippen LogP contribution in [0.3, 0.4) is 0 Å². The van der Waals surface area contributed by atoms with Gasteiger partial charge in [-0.3, -0.25) is 20.0 Å². The van der Waals surface area contributed by atoms with E-state index in [1.165, 1.54) is 17.7 Å². The molecule has 254 valence electrons. The molecular weight excluding hydrogens is 621 g/mol. The molecule has 0 spiro atoms. The Morgan fingerprint density at radius 2 is 1.90 bits per heavy atom. The molecule has 0 fully saturated rings. The minimum Gasteiger partial charge on any atom is -0.492 e. The second kappa shape index (κ2) is 16.3. The highest BCUT2D eigenvalue weighted by molar-refractivity contribution is 5.91. The van der Waals surface area contributed by atoms with E-state index < -0.39 is 6.04 Å². The first-order valence-corrected chi connectivity index (χ1v) is 17.0. The molecular formula is C38H43FN7O3+. The summed E-state index contributed by atoms with van der Waals surface area (Å²) in [5.74, 6) is 1.99. The van der Waals surface area contributed by atoms with E-state index in [-0.39, 0.29) is 11.6 Å². The first-order valence-electron chi connectivity index (χ1n) is 17.0. The SMILES string of the molecule is CC(=O)[C@H](CCN(CCCCc1ccc2c(n1)NCCC2)CCOc1ccc(F)cc1)Nc1c2ccccc2nc(-c2cccnc2)[n+]1O. The topological polar surface area (TPSA) is 116 Å². The van der Waals surface area contributed by atoms with E-state index in [4.69, 9.17) is 9.72 Å². The van der Waals surface area contributed by atoms with Crippen LogP contribution < -0.4 is 20.1 Å². The molecule has 0 amide bonds. The molecule has 0 aliphatic carbocycles. The Bertz CT molecular complexity index is 1860. The first-order chi connectivity index (χ1) is 23.9. The van der Waals surface area contributed by atoms with Crippen LogP contribution in [-0.2, 0) is 17.6 Å². The summed E-state index contributed by atoms with van der Waals surface area (Å²) >= 11 is 0. The Kier molecular flexibility index (Phi) is 11.2. The summed E-state index contributed by atoms with van der Waals surface area (Å²) in [7, 11) is 0. The lowest BCUT2D eigenvalue weighted by atomic mass is 10.1. The number of nitrogens with zero attached hydrogens (tertiary/aromatic N) is 5. The standard InChI is InChI=1S/C38H42FN7O3/c1-27(47)34(43-38-33-11-2-3-12-35(33)44-37(46(38)48)29-9-6-20-40-26-29)19-23-45(24-25-49-32-17-14-30(39)15-18-32)22-5-4-10-31-16-13-28-8-7-21-41-36(28)42-31/h2-3,6,9,11-18,20,26,34,48H,4-5,7-8,10,19,21-25H2,1H3,(H,41,42)/p+1/t34-/m0/s1. The zero-order chi connectivity index (χ0) is 34.0. The number of hydrogen-bond acceptors (Lipinski definition) is 9. The van der Waals surface area contributed by atoms with Crippen molar-refractivity contribution in [1.29, 1.82) is 0 Å². The van der Waals surface area contributed by atoms with Crippen molar-refractivity contribution in [3.63, 3.8) is 0 Å². The van der Waals surface area contributed by atoms with Gasteiger partial charge in [-0.2, -0.15) is 0 Å². The smallest absolute Gasteiger partial charge is 0.309 e. The quantitative estimate of drug-likeness (QED) is 0.0676.